The number of morpholine rings is 1. The van der Waals surface area contributed by atoms with Gasteiger partial charge in [-0.15, -0.1) is 0 Å². The molecule has 148 valence electrons. The summed E-state index contributed by atoms with van der Waals surface area (Å²) in [6.45, 7) is 1.63. The second kappa shape index (κ2) is 7.39. The molecule has 2 aliphatic heterocycles. The predicted octanol–water partition coefficient (Wildman–Crippen LogP) is 1.50. The van der Waals surface area contributed by atoms with Crippen LogP contribution in [0.2, 0.25) is 0 Å². The monoisotopic (exact) mass is 383 g/mol. The van der Waals surface area contributed by atoms with E-state index >= 15 is 0 Å². The molecule has 1 saturated heterocycles. The Hall–Kier alpha value is -2.67. The average molecular weight is 383 g/mol. The van der Waals surface area contributed by atoms with Gasteiger partial charge < -0.3 is 20.5 Å². The highest BCUT2D eigenvalue weighted by Gasteiger charge is 2.41. The number of amides is 2. The van der Waals surface area contributed by atoms with Crippen molar-refractivity contribution in [3.05, 3.63) is 46.7 Å². The summed E-state index contributed by atoms with van der Waals surface area (Å²) in [6, 6.07) is 7.75. The van der Waals surface area contributed by atoms with E-state index < -0.39 is 17.6 Å². The highest BCUT2D eigenvalue weighted by molar-refractivity contribution is 6.31. The van der Waals surface area contributed by atoms with Crippen molar-refractivity contribution in [1.82, 2.24) is 4.90 Å². The number of carbonyl (C=O) groups is 2. The molecule has 28 heavy (non-hydrogen) atoms. The van der Waals surface area contributed by atoms with Gasteiger partial charge in [0.2, 0.25) is 0 Å². The molecular weight excluding hydrogens is 358 g/mol. The molecule has 0 bridgehead atoms. The van der Waals surface area contributed by atoms with E-state index in [2.05, 4.69) is 0 Å². The van der Waals surface area contributed by atoms with Gasteiger partial charge in [0, 0.05) is 18.7 Å². The summed E-state index contributed by atoms with van der Waals surface area (Å²) in [4.78, 5) is 31.7. The Labute approximate surface area is 163 Å². The minimum Gasteiger partial charge on any atom is -0.502 e. The lowest BCUT2D eigenvalue weighted by molar-refractivity contribution is -0.131. The van der Waals surface area contributed by atoms with E-state index in [1.165, 1.54) is 0 Å². The van der Waals surface area contributed by atoms with E-state index in [1.54, 1.807) is 4.90 Å². The van der Waals surface area contributed by atoms with Crippen molar-refractivity contribution in [2.75, 3.05) is 26.3 Å². The zero-order chi connectivity index (χ0) is 19.7. The second-order valence-corrected chi connectivity index (χ2v) is 7.72. The molecule has 1 aromatic carbocycles. The van der Waals surface area contributed by atoms with Crippen LogP contribution in [0.1, 0.15) is 36.8 Å². The van der Waals surface area contributed by atoms with Crippen LogP contribution in [0.4, 0.5) is 0 Å². The van der Waals surface area contributed by atoms with Crippen LogP contribution in [0.25, 0.3) is 0 Å². The van der Waals surface area contributed by atoms with Gasteiger partial charge in [0.1, 0.15) is 5.57 Å². The summed E-state index contributed by atoms with van der Waals surface area (Å²) < 4.78 is 5.32. The summed E-state index contributed by atoms with van der Waals surface area (Å²) >= 11 is 0. The van der Waals surface area contributed by atoms with E-state index in [0.29, 0.717) is 32.0 Å². The molecule has 1 spiro atoms. The molecule has 1 aliphatic carbocycles. The number of primary amides is 1. The lowest BCUT2D eigenvalue weighted by atomic mass is 9.81. The molecule has 2 amide bonds. The van der Waals surface area contributed by atoms with Crippen molar-refractivity contribution in [3.63, 3.8) is 0 Å². The summed E-state index contributed by atoms with van der Waals surface area (Å²) in [5.74, 6) is -2.17. The van der Waals surface area contributed by atoms with Crippen LogP contribution < -0.4 is 5.73 Å². The Morgan fingerprint density at radius 1 is 1.14 bits per heavy atom. The number of hydrogen-bond donors (Lipinski definition) is 2. The number of aliphatic imine (C=N–C) groups is 1. The maximum atomic E-state index is 13.3. The predicted molar refractivity (Wildman–Crippen MR) is 104 cm³/mol. The Balaban J connectivity index is 1.86. The standard InChI is InChI=1S/C21H25N3O4/c22-19(26)18(25)16(20(27)24-9-11-28-12-10-24)17-15-6-2-1-5-14(15)13-21(23-17)7-3-4-8-21/h1-2,5-6,25H,3-4,7-13H2,(H2,22,26)/b18-16-. The Bertz CT molecular complexity index is 862. The van der Waals surface area contributed by atoms with Gasteiger partial charge in [-0.25, -0.2) is 0 Å². The number of aliphatic hydroxyl groups is 1. The van der Waals surface area contributed by atoms with Crippen molar-refractivity contribution >= 4 is 17.5 Å². The van der Waals surface area contributed by atoms with Crippen molar-refractivity contribution in [3.8, 4) is 0 Å². The first-order chi connectivity index (χ1) is 13.5. The molecule has 7 heteroatoms. The topological polar surface area (TPSA) is 105 Å². The van der Waals surface area contributed by atoms with Gasteiger partial charge in [0.05, 0.1) is 24.5 Å². The molecule has 4 rings (SSSR count). The van der Waals surface area contributed by atoms with Crippen molar-refractivity contribution in [2.24, 2.45) is 10.7 Å². The third kappa shape index (κ3) is 3.30. The molecule has 3 aliphatic rings. The van der Waals surface area contributed by atoms with Gasteiger partial charge >= 0.3 is 0 Å². The molecule has 2 fully saturated rings. The maximum absolute atomic E-state index is 13.3. The molecule has 0 aromatic heterocycles. The lowest BCUT2D eigenvalue weighted by Gasteiger charge is -2.34. The SMILES string of the molecule is NC(=O)/C(O)=C(/C(=O)N1CCOCC1)C1=NC2(CCCC2)Cc2ccccc21. The molecule has 2 heterocycles. The molecule has 1 aromatic rings. The van der Waals surface area contributed by atoms with E-state index in [9.17, 15) is 14.7 Å². The molecule has 1 saturated carbocycles. The quantitative estimate of drug-likeness (QED) is 0.609. The summed E-state index contributed by atoms with van der Waals surface area (Å²) in [7, 11) is 0. The third-order valence-electron chi connectivity index (χ3n) is 5.89. The highest BCUT2D eigenvalue weighted by Crippen LogP contribution is 2.41. The number of benzene rings is 1. The molecule has 0 unspecified atom stereocenters. The number of fused-ring (bicyclic) bond motifs is 1. The summed E-state index contributed by atoms with van der Waals surface area (Å²) in [6.07, 6.45) is 4.83. The maximum Gasteiger partial charge on any atom is 0.284 e. The van der Waals surface area contributed by atoms with E-state index in [-0.39, 0.29) is 11.1 Å². The number of nitrogens with two attached hydrogens (primary N) is 1. The number of nitrogens with zero attached hydrogens (tertiary/aromatic N) is 2. The van der Waals surface area contributed by atoms with Crippen LogP contribution in [0.15, 0.2) is 40.6 Å². The van der Waals surface area contributed by atoms with E-state index in [1.807, 2.05) is 24.3 Å². The first-order valence-electron chi connectivity index (χ1n) is 9.79. The van der Waals surface area contributed by atoms with E-state index in [0.717, 1.165) is 43.2 Å². The minimum atomic E-state index is -1.03. The molecule has 7 nitrogen and oxygen atoms in total. The minimum absolute atomic E-state index is 0.0900. The van der Waals surface area contributed by atoms with Crippen LogP contribution in [-0.2, 0) is 20.7 Å². The van der Waals surface area contributed by atoms with Gasteiger partial charge in [-0.05, 0) is 24.8 Å². The number of aliphatic hydroxyl groups excluding tert-OH is 1. The van der Waals surface area contributed by atoms with Gasteiger partial charge in [0.25, 0.3) is 11.8 Å². The number of carbonyl (C=O) groups excluding carboxylic acids is 2. The van der Waals surface area contributed by atoms with Crippen LogP contribution in [-0.4, -0.2) is 59.4 Å². The van der Waals surface area contributed by atoms with Gasteiger partial charge in [-0.1, -0.05) is 37.1 Å². The molecule has 0 atom stereocenters. The van der Waals surface area contributed by atoms with Gasteiger partial charge in [0.15, 0.2) is 5.76 Å². The Morgan fingerprint density at radius 3 is 2.50 bits per heavy atom. The van der Waals surface area contributed by atoms with Gasteiger partial charge in [-0.2, -0.15) is 0 Å². The lowest BCUT2D eigenvalue weighted by Crippen LogP contribution is -2.44. The molecule has 0 radical (unpaired) electrons. The van der Waals surface area contributed by atoms with Crippen LogP contribution in [0.3, 0.4) is 0 Å². The fraction of sp³-hybridized carbons (Fsp3) is 0.476. The first-order valence-corrected chi connectivity index (χ1v) is 9.79. The zero-order valence-corrected chi connectivity index (χ0v) is 15.8. The highest BCUT2D eigenvalue weighted by atomic mass is 16.5. The largest absolute Gasteiger partial charge is 0.502 e. The zero-order valence-electron chi connectivity index (χ0n) is 15.8. The fourth-order valence-corrected chi connectivity index (χ4v) is 4.47. The smallest absolute Gasteiger partial charge is 0.284 e. The normalized spacial score (nSPS) is 21.7. The molecular formula is C21H25N3O4. The van der Waals surface area contributed by atoms with Crippen molar-refractivity contribution in [2.45, 2.75) is 37.6 Å². The number of hydrogen-bond acceptors (Lipinski definition) is 5. The van der Waals surface area contributed by atoms with Crippen LogP contribution >= 0.6 is 0 Å². The first kappa shape index (κ1) is 18.7. The Kier molecular flexibility index (Phi) is 4.93. The number of rotatable bonds is 3. The summed E-state index contributed by atoms with van der Waals surface area (Å²) in [5, 5.41) is 10.5. The van der Waals surface area contributed by atoms with Gasteiger partial charge in [-0.3, -0.25) is 14.6 Å². The second-order valence-electron chi connectivity index (χ2n) is 7.72. The van der Waals surface area contributed by atoms with Crippen molar-refractivity contribution < 1.29 is 19.4 Å². The number of ether oxygens (including phenoxy) is 1. The average Bonchev–Trinajstić information content (AvgIpc) is 3.15. The van der Waals surface area contributed by atoms with Crippen LogP contribution in [0.5, 0.6) is 0 Å². The molecule has 3 N–H and O–H groups in total. The third-order valence-corrected chi connectivity index (χ3v) is 5.89. The Morgan fingerprint density at radius 2 is 1.82 bits per heavy atom. The van der Waals surface area contributed by atoms with Crippen molar-refractivity contribution in [1.29, 1.82) is 0 Å². The van der Waals surface area contributed by atoms with E-state index in [4.69, 9.17) is 15.5 Å². The fourth-order valence-electron chi connectivity index (χ4n) is 4.47. The summed E-state index contributed by atoms with van der Waals surface area (Å²) in [5.41, 5.74) is 7.26. The van der Waals surface area contributed by atoms with Crippen LogP contribution in [0, 0.1) is 0 Å².